The molecule has 0 bridgehead atoms. The van der Waals surface area contributed by atoms with Gasteiger partial charge in [-0.2, -0.15) is 0 Å². The molecular formula is C14H18N4OS. The number of amides is 2. The monoisotopic (exact) mass is 290 g/mol. The van der Waals surface area contributed by atoms with Gasteiger partial charge in [-0.1, -0.05) is 23.8 Å². The lowest BCUT2D eigenvalue weighted by Gasteiger charge is -2.38. The number of urea groups is 1. The molecule has 1 aromatic carbocycles. The van der Waals surface area contributed by atoms with Crippen LogP contribution in [0.1, 0.15) is 11.1 Å². The minimum atomic E-state index is 0.0492. The Labute approximate surface area is 123 Å². The predicted octanol–water partition coefficient (Wildman–Crippen LogP) is 0.843. The Balaban J connectivity index is 1.87. The van der Waals surface area contributed by atoms with Gasteiger partial charge in [0.1, 0.15) is 4.99 Å². The highest BCUT2D eigenvalue weighted by atomic mass is 32.1. The zero-order valence-corrected chi connectivity index (χ0v) is 12.2. The summed E-state index contributed by atoms with van der Waals surface area (Å²) in [7, 11) is 0. The van der Waals surface area contributed by atoms with Crippen molar-refractivity contribution in [1.29, 1.82) is 0 Å². The van der Waals surface area contributed by atoms with Crippen LogP contribution in [-0.4, -0.2) is 48.1 Å². The van der Waals surface area contributed by atoms with Gasteiger partial charge in [-0.15, -0.1) is 0 Å². The van der Waals surface area contributed by atoms with Crippen LogP contribution >= 0.6 is 12.2 Å². The molecule has 0 radical (unpaired) electrons. The fourth-order valence-corrected chi connectivity index (χ4v) is 3.11. The molecule has 1 atom stereocenters. The van der Waals surface area contributed by atoms with Gasteiger partial charge in [0.2, 0.25) is 0 Å². The van der Waals surface area contributed by atoms with E-state index in [4.69, 9.17) is 18.0 Å². The third-order valence-electron chi connectivity index (χ3n) is 3.99. The maximum atomic E-state index is 11.6. The van der Waals surface area contributed by atoms with E-state index < -0.39 is 0 Å². The molecule has 3 N–H and O–H groups in total. The van der Waals surface area contributed by atoms with Gasteiger partial charge in [0, 0.05) is 37.4 Å². The number of thiocarbonyl (C=S) groups is 1. The maximum Gasteiger partial charge on any atom is 0.317 e. The first-order valence-electron chi connectivity index (χ1n) is 6.76. The van der Waals surface area contributed by atoms with Gasteiger partial charge in [-0.05, 0) is 19.1 Å². The van der Waals surface area contributed by atoms with Crippen LogP contribution in [0, 0.1) is 6.92 Å². The van der Waals surface area contributed by atoms with Crippen LogP contribution in [0.3, 0.4) is 0 Å². The topological polar surface area (TPSA) is 61.6 Å². The second-order valence-electron chi connectivity index (χ2n) is 5.36. The lowest BCUT2D eigenvalue weighted by Crippen LogP contribution is -2.52. The van der Waals surface area contributed by atoms with Gasteiger partial charge < -0.3 is 20.9 Å². The van der Waals surface area contributed by atoms with Gasteiger partial charge >= 0.3 is 6.03 Å². The Hall–Kier alpha value is -1.82. The fraction of sp³-hybridized carbons (Fsp3) is 0.429. The Morgan fingerprint density at radius 2 is 2.25 bits per heavy atom. The molecule has 20 heavy (non-hydrogen) atoms. The first kappa shape index (κ1) is 13.2. The number of benzene rings is 1. The molecule has 0 aromatic heterocycles. The summed E-state index contributed by atoms with van der Waals surface area (Å²) in [5.41, 5.74) is 8.99. The number of nitrogens with zero attached hydrogens (tertiary/aromatic N) is 2. The molecule has 2 amide bonds. The number of carbonyl (C=O) groups excluding carboxylic acids is 1. The highest BCUT2D eigenvalue weighted by molar-refractivity contribution is 7.80. The minimum absolute atomic E-state index is 0.0492. The summed E-state index contributed by atoms with van der Waals surface area (Å²) >= 11 is 5.16. The lowest BCUT2D eigenvalue weighted by atomic mass is 10.1. The van der Waals surface area contributed by atoms with Crippen LogP contribution in [-0.2, 0) is 0 Å². The molecule has 5 nitrogen and oxygen atoms in total. The van der Waals surface area contributed by atoms with Gasteiger partial charge in [0.05, 0.1) is 6.04 Å². The Kier molecular flexibility index (Phi) is 3.25. The van der Waals surface area contributed by atoms with Crippen LogP contribution in [0.4, 0.5) is 10.5 Å². The molecule has 2 saturated heterocycles. The summed E-state index contributed by atoms with van der Waals surface area (Å²) in [6.45, 7) is 5.10. The van der Waals surface area contributed by atoms with Crippen molar-refractivity contribution >= 4 is 28.9 Å². The van der Waals surface area contributed by atoms with Crippen LogP contribution < -0.4 is 16.0 Å². The first-order chi connectivity index (χ1) is 9.56. The van der Waals surface area contributed by atoms with Crippen molar-refractivity contribution in [3.05, 3.63) is 29.3 Å². The number of carbonyl (C=O) groups is 1. The highest BCUT2D eigenvalue weighted by Gasteiger charge is 2.35. The molecule has 6 heteroatoms. The molecule has 1 unspecified atom stereocenters. The number of nitrogens with two attached hydrogens (primary N) is 1. The van der Waals surface area contributed by atoms with E-state index in [-0.39, 0.29) is 12.1 Å². The number of hydrogen-bond donors (Lipinski definition) is 2. The summed E-state index contributed by atoms with van der Waals surface area (Å²) in [4.78, 5) is 16.2. The quantitative estimate of drug-likeness (QED) is 0.793. The number of aryl methyl sites for hydroxylation is 1. The molecule has 106 valence electrons. The largest absolute Gasteiger partial charge is 0.389 e. The van der Waals surface area contributed by atoms with Crippen molar-refractivity contribution in [2.45, 2.75) is 13.0 Å². The van der Waals surface area contributed by atoms with E-state index in [2.05, 4.69) is 22.3 Å². The molecule has 1 aromatic rings. The van der Waals surface area contributed by atoms with Crippen molar-refractivity contribution in [2.75, 3.05) is 31.1 Å². The second-order valence-corrected chi connectivity index (χ2v) is 5.80. The third-order valence-corrected chi connectivity index (χ3v) is 4.21. The summed E-state index contributed by atoms with van der Waals surface area (Å²) < 4.78 is 0. The molecule has 0 saturated carbocycles. The van der Waals surface area contributed by atoms with E-state index >= 15 is 0 Å². The van der Waals surface area contributed by atoms with Crippen molar-refractivity contribution in [1.82, 2.24) is 10.2 Å². The highest BCUT2D eigenvalue weighted by Crippen LogP contribution is 2.26. The Bertz CT molecular complexity index is 574. The Morgan fingerprint density at radius 1 is 1.45 bits per heavy atom. The number of nitrogens with one attached hydrogen (secondary N) is 1. The van der Waals surface area contributed by atoms with E-state index in [1.807, 2.05) is 17.9 Å². The van der Waals surface area contributed by atoms with Crippen LogP contribution in [0.25, 0.3) is 0 Å². The first-order valence-corrected chi connectivity index (χ1v) is 7.17. The minimum Gasteiger partial charge on any atom is -0.389 e. The third kappa shape index (κ3) is 2.20. The van der Waals surface area contributed by atoms with E-state index in [1.54, 1.807) is 0 Å². The van der Waals surface area contributed by atoms with Crippen molar-refractivity contribution in [2.24, 2.45) is 5.73 Å². The number of rotatable bonds is 2. The van der Waals surface area contributed by atoms with Gasteiger partial charge in [0.15, 0.2) is 0 Å². The molecular weight excluding hydrogens is 272 g/mol. The van der Waals surface area contributed by atoms with E-state index in [0.29, 0.717) is 11.5 Å². The average molecular weight is 290 g/mol. The SMILES string of the molecule is Cc1ccc(N2CCN3C(=O)NCC3C2)c(C(N)=S)c1. The van der Waals surface area contributed by atoms with E-state index in [1.165, 1.54) is 0 Å². The van der Waals surface area contributed by atoms with Crippen molar-refractivity contribution in [3.8, 4) is 0 Å². The smallest absolute Gasteiger partial charge is 0.317 e. The normalized spacial score (nSPS) is 21.6. The summed E-state index contributed by atoms with van der Waals surface area (Å²) in [6, 6.07) is 6.46. The van der Waals surface area contributed by atoms with Gasteiger partial charge in [-0.3, -0.25) is 0 Å². The van der Waals surface area contributed by atoms with E-state index in [0.717, 1.165) is 36.4 Å². The summed E-state index contributed by atoms with van der Waals surface area (Å²) in [5.74, 6) is 0. The fourth-order valence-electron chi connectivity index (χ4n) is 2.95. The maximum absolute atomic E-state index is 11.6. The molecule has 2 fully saturated rings. The average Bonchev–Trinajstić information content (AvgIpc) is 2.80. The van der Waals surface area contributed by atoms with Crippen LogP contribution in [0.5, 0.6) is 0 Å². The zero-order valence-electron chi connectivity index (χ0n) is 11.4. The molecule has 2 aliphatic rings. The number of fused-ring (bicyclic) bond motifs is 1. The van der Waals surface area contributed by atoms with Crippen molar-refractivity contribution in [3.63, 3.8) is 0 Å². The molecule has 0 spiro atoms. The number of piperazine rings is 1. The molecule has 0 aliphatic carbocycles. The molecule has 3 rings (SSSR count). The standard InChI is InChI=1S/C14H18N4OS/c1-9-2-3-12(11(6-9)13(15)20)17-4-5-18-10(8-17)7-16-14(18)19/h2-3,6,10H,4-5,7-8H2,1H3,(H2,15,20)(H,16,19). The molecule has 2 heterocycles. The van der Waals surface area contributed by atoms with Gasteiger partial charge in [-0.25, -0.2) is 4.79 Å². The lowest BCUT2D eigenvalue weighted by molar-refractivity contribution is 0.197. The van der Waals surface area contributed by atoms with E-state index in [9.17, 15) is 4.79 Å². The van der Waals surface area contributed by atoms with Gasteiger partial charge in [0.25, 0.3) is 0 Å². The van der Waals surface area contributed by atoms with Crippen LogP contribution in [0.15, 0.2) is 18.2 Å². The van der Waals surface area contributed by atoms with Crippen LogP contribution in [0.2, 0.25) is 0 Å². The Morgan fingerprint density at radius 3 is 3.00 bits per heavy atom. The second kappa shape index (κ2) is 4.94. The summed E-state index contributed by atoms with van der Waals surface area (Å²) in [6.07, 6.45) is 0. The predicted molar refractivity (Wildman–Crippen MR) is 83.2 cm³/mol. The zero-order chi connectivity index (χ0) is 14.3. The van der Waals surface area contributed by atoms with Crippen molar-refractivity contribution < 1.29 is 4.79 Å². The number of hydrogen-bond acceptors (Lipinski definition) is 3. The molecule has 2 aliphatic heterocycles. The summed E-state index contributed by atoms with van der Waals surface area (Å²) in [5, 5.41) is 2.89. The number of anilines is 1.